The van der Waals surface area contributed by atoms with Crippen LogP contribution in [0.1, 0.15) is 11.1 Å². The van der Waals surface area contributed by atoms with Crippen molar-refractivity contribution < 1.29 is 4.39 Å². The van der Waals surface area contributed by atoms with Crippen molar-refractivity contribution in [2.45, 2.75) is 17.0 Å². The lowest BCUT2D eigenvalue weighted by atomic mass is 10.1. The Morgan fingerprint density at radius 3 is 2.14 bits per heavy atom. The summed E-state index contributed by atoms with van der Waals surface area (Å²) in [6.45, 7) is 1.37. The van der Waals surface area contributed by atoms with E-state index in [-0.39, 0.29) is 0 Å². The van der Waals surface area contributed by atoms with Crippen molar-refractivity contribution in [2.24, 2.45) is 0 Å². The summed E-state index contributed by atoms with van der Waals surface area (Å²) >= 11 is 11.4. The van der Waals surface area contributed by atoms with Gasteiger partial charge in [0.1, 0.15) is 0 Å². The van der Waals surface area contributed by atoms with Crippen LogP contribution in [-0.4, -0.2) is 8.22 Å². The summed E-state index contributed by atoms with van der Waals surface area (Å²) in [5.41, 5.74) is 2.41. The minimum Gasteiger partial charge on any atom is -0.237 e. The number of nitrogens with zero attached hydrogens (tertiary/aromatic N) is 1. The Bertz CT molecular complexity index is 315. The van der Waals surface area contributed by atoms with Crippen LogP contribution in [0.4, 0.5) is 4.39 Å². The molecule has 5 heteroatoms. The predicted octanol–water partition coefficient (Wildman–Crippen LogP) is 3.71. The first-order chi connectivity index (χ1) is 6.54. The van der Waals surface area contributed by atoms with E-state index in [1.54, 1.807) is 0 Å². The van der Waals surface area contributed by atoms with Gasteiger partial charge in [-0.25, -0.2) is 4.31 Å². The molecule has 1 aliphatic heterocycles. The fourth-order valence-electron chi connectivity index (χ4n) is 1.51. The van der Waals surface area contributed by atoms with Crippen LogP contribution in [0.25, 0.3) is 0 Å². The summed E-state index contributed by atoms with van der Waals surface area (Å²) in [6, 6.07) is 7.99. The van der Waals surface area contributed by atoms with Crippen LogP contribution in [0.5, 0.6) is 0 Å². The number of rotatable bonds is 2. The van der Waals surface area contributed by atoms with Crippen molar-refractivity contribution in [3.63, 3.8) is 0 Å². The third-order valence-electron chi connectivity index (χ3n) is 2.04. The molecule has 0 amide bonds. The van der Waals surface area contributed by atoms with E-state index in [4.69, 9.17) is 23.2 Å². The third-order valence-corrected chi connectivity index (χ3v) is 3.18. The normalized spacial score (nSPS) is 17.1. The number of hydrogen-bond donors (Lipinski definition) is 0. The largest absolute Gasteiger partial charge is 0.318 e. The van der Waals surface area contributed by atoms with Gasteiger partial charge in [-0.1, -0.05) is 47.5 Å². The van der Waals surface area contributed by atoms with E-state index in [1.807, 2.05) is 28.6 Å². The second kappa shape index (κ2) is 3.89. The fraction of sp³-hybridized carbons (Fsp3) is 0.333. The maximum atomic E-state index is 12.9. The zero-order valence-corrected chi connectivity index (χ0v) is 9.54. The molecule has 0 saturated heterocycles. The lowest BCUT2D eigenvalue weighted by Gasteiger charge is -2.17. The second-order valence-corrected chi connectivity index (χ2v) is 6.05. The van der Waals surface area contributed by atoms with Crippen LogP contribution in [0.2, 0.25) is 0 Å². The highest BCUT2D eigenvalue weighted by Gasteiger charge is 2.30. The molecule has 1 aromatic rings. The van der Waals surface area contributed by atoms with E-state index in [0.717, 1.165) is 11.9 Å². The Labute approximate surface area is 96.3 Å². The molecule has 1 aromatic carbocycles. The molecule has 1 aliphatic rings. The molecule has 0 aliphatic carbocycles. The van der Waals surface area contributed by atoms with Gasteiger partial charge in [-0.15, -0.1) is 0 Å². The molecule has 0 aromatic heterocycles. The van der Waals surface area contributed by atoms with E-state index in [1.165, 1.54) is 11.1 Å². The Balaban J connectivity index is 2.05. The van der Waals surface area contributed by atoms with Gasteiger partial charge in [-0.05, 0) is 23.1 Å². The van der Waals surface area contributed by atoms with Crippen molar-refractivity contribution in [3.05, 3.63) is 35.4 Å². The van der Waals surface area contributed by atoms with Gasteiger partial charge in [-0.3, -0.25) is 0 Å². The molecular formula is C9H8Cl2FNS. The van der Waals surface area contributed by atoms with Crippen molar-refractivity contribution in [1.82, 2.24) is 4.31 Å². The van der Waals surface area contributed by atoms with Crippen LogP contribution >= 0.6 is 35.1 Å². The standard InChI is InChI=1S/C9H8Cl2FNS/c10-9(11,12)14-13-5-7-3-1-2-4-8(7)6-13/h1-4H,5-6H2. The molecule has 0 unspecified atom stereocenters. The highest BCUT2D eigenvalue weighted by molar-refractivity contribution is 8.00. The number of fused-ring (bicyclic) bond motifs is 1. The summed E-state index contributed by atoms with van der Waals surface area (Å²) < 4.78 is 12.5. The van der Waals surface area contributed by atoms with Gasteiger partial charge in [0, 0.05) is 13.1 Å². The zero-order valence-electron chi connectivity index (χ0n) is 7.21. The average Bonchev–Trinajstić information content (AvgIpc) is 2.42. The van der Waals surface area contributed by atoms with Crippen molar-refractivity contribution in [3.8, 4) is 0 Å². The number of halogens is 3. The van der Waals surface area contributed by atoms with Gasteiger partial charge in [-0.2, -0.15) is 4.39 Å². The van der Waals surface area contributed by atoms with Gasteiger partial charge in [0.25, 0.3) is 0 Å². The maximum Gasteiger partial charge on any atom is 0.318 e. The minimum absolute atomic E-state index is 0.686. The Morgan fingerprint density at radius 2 is 1.71 bits per heavy atom. The van der Waals surface area contributed by atoms with Gasteiger partial charge in [0.2, 0.25) is 0 Å². The van der Waals surface area contributed by atoms with Gasteiger partial charge >= 0.3 is 3.92 Å². The number of benzene rings is 1. The Kier molecular flexibility index (Phi) is 2.93. The SMILES string of the molecule is FC(Cl)(Cl)SN1Cc2ccccc2C1. The lowest BCUT2D eigenvalue weighted by molar-refractivity contribution is 0.463. The molecular weight excluding hydrogens is 244 g/mol. The fourth-order valence-corrected chi connectivity index (χ4v) is 2.80. The van der Waals surface area contributed by atoms with Gasteiger partial charge in [0.15, 0.2) is 0 Å². The highest BCUT2D eigenvalue weighted by Crippen LogP contribution is 2.42. The molecule has 1 nitrogen and oxygen atoms in total. The molecule has 14 heavy (non-hydrogen) atoms. The summed E-state index contributed by atoms with van der Waals surface area (Å²) in [5, 5.41) is 0. The van der Waals surface area contributed by atoms with E-state index in [0.29, 0.717) is 13.1 Å². The lowest BCUT2D eigenvalue weighted by Crippen LogP contribution is -2.13. The summed E-state index contributed by atoms with van der Waals surface area (Å²) in [7, 11) is 0. The van der Waals surface area contributed by atoms with E-state index >= 15 is 0 Å². The molecule has 0 bridgehead atoms. The van der Waals surface area contributed by atoms with Crippen LogP contribution in [-0.2, 0) is 13.1 Å². The number of alkyl halides is 3. The second-order valence-electron chi connectivity index (χ2n) is 3.10. The first-order valence-corrected chi connectivity index (χ1v) is 5.65. The van der Waals surface area contributed by atoms with Crippen LogP contribution in [0, 0.1) is 0 Å². The van der Waals surface area contributed by atoms with Crippen LogP contribution in [0.3, 0.4) is 0 Å². The van der Waals surface area contributed by atoms with E-state index in [2.05, 4.69) is 0 Å². The summed E-state index contributed by atoms with van der Waals surface area (Å²) in [4.78, 5) is 0. The molecule has 0 radical (unpaired) electrons. The average molecular weight is 252 g/mol. The van der Waals surface area contributed by atoms with Crippen LogP contribution in [0.15, 0.2) is 24.3 Å². The first kappa shape index (κ1) is 10.6. The van der Waals surface area contributed by atoms with E-state index in [9.17, 15) is 4.39 Å². The molecule has 0 atom stereocenters. The van der Waals surface area contributed by atoms with Gasteiger partial charge < -0.3 is 0 Å². The van der Waals surface area contributed by atoms with Crippen molar-refractivity contribution in [1.29, 1.82) is 0 Å². The van der Waals surface area contributed by atoms with Crippen molar-refractivity contribution >= 4 is 35.1 Å². The maximum absolute atomic E-state index is 12.9. The smallest absolute Gasteiger partial charge is 0.237 e. The van der Waals surface area contributed by atoms with E-state index < -0.39 is 3.92 Å². The summed E-state index contributed by atoms with van der Waals surface area (Å²) in [6.07, 6.45) is 0. The predicted molar refractivity (Wildman–Crippen MR) is 58.8 cm³/mol. The molecule has 0 spiro atoms. The molecule has 1 heterocycles. The molecule has 0 saturated carbocycles. The Morgan fingerprint density at radius 1 is 1.21 bits per heavy atom. The first-order valence-electron chi connectivity index (χ1n) is 4.12. The zero-order chi connectivity index (χ0) is 10.2. The molecule has 76 valence electrons. The Hall–Kier alpha value is 0.0400. The third kappa shape index (κ3) is 2.54. The highest BCUT2D eigenvalue weighted by atomic mass is 35.5. The summed E-state index contributed by atoms with van der Waals surface area (Å²) in [5.74, 6) is 0. The van der Waals surface area contributed by atoms with Crippen LogP contribution < -0.4 is 0 Å². The molecule has 2 rings (SSSR count). The quantitative estimate of drug-likeness (QED) is 0.583. The minimum atomic E-state index is -2.23. The topological polar surface area (TPSA) is 3.24 Å². The van der Waals surface area contributed by atoms with Gasteiger partial charge in [0.05, 0.1) is 0 Å². The molecule has 0 fully saturated rings. The molecule has 0 N–H and O–H groups in total. The monoisotopic (exact) mass is 251 g/mol. The van der Waals surface area contributed by atoms with Crippen molar-refractivity contribution in [2.75, 3.05) is 0 Å². The number of hydrogen-bond acceptors (Lipinski definition) is 2.